The number of hydrogen-bond donors (Lipinski definition) is 0. The molecule has 1 heterocycles. The lowest BCUT2D eigenvalue weighted by Crippen LogP contribution is -2.23. The predicted molar refractivity (Wildman–Crippen MR) is 77.8 cm³/mol. The summed E-state index contributed by atoms with van der Waals surface area (Å²) in [5, 5.41) is 11.8. The number of nitriles is 1. The molecular weight excluding hydrogens is 306 g/mol. The summed E-state index contributed by atoms with van der Waals surface area (Å²) < 4.78 is 1.13. The molecule has 1 aromatic heterocycles. The van der Waals surface area contributed by atoms with Crippen molar-refractivity contribution < 1.29 is 0 Å². The number of halogens is 1. The van der Waals surface area contributed by atoms with Gasteiger partial charge in [-0.15, -0.1) is 11.3 Å². The molecular formula is C15H12BrNS. The fourth-order valence-electron chi connectivity index (χ4n) is 2.75. The van der Waals surface area contributed by atoms with Gasteiger partial charge < -0.3 is 0 Å². The second-order valence-corrected chi connectivity index (χ2v) is 6.57. The summed E-state index contributed by atoms with van der Waals surface area (Å²) in [6, 6.07) is 13.0. The van der Waals surface area contributed by atoms with E-state index in [0.29, 0.717) is 0 Å². The fraction of sp³-hybridized carbons (Fsp3) is 0.267. The third-order valence-corrected chi connectivity index (χ3v) is 5.65. The zero-order valence-electron chi connectivity index (χ0n) is 9.82. The number of nitrogens with zero attached hydrogens (tertiary/aromatic N) is 1. The van der Waals surface area contributed by atoms with Crippen molar-refractivity contribution in [3.8, 4) is 6.07 Å². The Labute approximate surface area is 119 Å². The molecule has 0 amide bonds. The molecule has 3 rings (SSSR count). The van der Waals surface area contributed by atoms with Gasteiger partial charge in [0.05, 0.1) is 11.5 Å². The normalized spacial score (nSPS) is 21.6. The summed E-state index contributed by atoms with van der Waals surface area (Å²) in [6.07, 6.45) is 2.78. The molecule has 0 radical (unpaired) electrons. The maximum atomic E-state index is 9.69. The minimum atomic E-state index is -0.329. The van der Waals surface area contributed by atoms with Crippen LogP contribution >= 0.6 is 27.3 Å². The van der Waals surface area contributed by atoms with Crippen molar-refractivity contribution in [2.75, 3.05) is 0 Å². The Kier molecular flexibility index (Phi) is 3.01. The maximum Gasteiger partial charge on any atom is 0.0876 e. The van der Waals surface area contributed by atoms with Crippen LogP contribution in [0.3, 0.4) is 0 Å². The highest BCUT2D eigenvalue weighted by Crippen LogP contribution is 2.42. The van der Waals surface area contributed by atoms with Crippen LogP contribution in [0.1, 0.15) is 22.4 Å². The largest absolute Gasteiger partial charge is 0.197 e. The van der Waals surface area contributed by atoms with Crippen molar-refractivity contribution in [2.24, 2.45) is 0 Å². The molecule has 0 saturated carbocycles. The van der Waals surface area contributed by atoms with Gasteiger partial charge in [0, 0.05) is 15.8 Å². The van der Waals surface area contributed by atoms with Crippen molar-refractivity contribution in [1.29, 1.82) is 5.26 Å². The van der Waals surface area contributed by atoms with Gasteiger partial charge >= 0.3 is 0 Å². The van der Waals surface area contributed by atoms with Crippen molar-refractivity contribution in [2.45, 2.75) is 24.7 Å². The third kappa shape index (κ3) is 1.81. The van der Waals surface area contributed by atoms with E-state index in [1.807, 2.05) is 6.07 Å². The van der Waals surface area contributed by atoms with Crippen LogP contribution in [-0.2, 0) is 18.3 Å². The molecule has 0 N–H and O–H groups in total. The lowest BCUT2D eigenvalue weighted by atomic mass is 9.80. The fourth-order valence-corrected chi connectivity index (χ4v) is 4.36. The van der Waals surface area contributed by atoms with Crippen molar-refractivity contribution in [3.05, 3.63) is 56.2 Å². The summed E-state index contributed by atoms with van der Waals surface area (Å²) in [7, 11) is 0. The molecule has 3 heteroatoms. The molecule has 1 aliphatic rings. The SMILES string of the molecule is N#CC1(Cc2sccc2Br)CCc2ccccc21. The number of fused-ring (bicyclic) bond motifs is 1. The molecule has 1 nitrogen and oxygen atoms in total. The Bertz CT molecular complexity index is 625. The second kappa shape index (κ2) is 4.53. The van der Waals surface area contributed by atoms with E-state index < -0.39 is 0 Å². The lowest BCUT2D eigenvalue weighted by Gasteiger charge is -2.21. The Morgan fingerprint density at radius 1 is 1.33 bits per heavy atom. The molecule has 18 heavy (non-hydrogen) atoms. The zero-order valence-corrected chi connectivity index (χ0v) is 12.2. The van der Waals surface area contributed by atoms with Crippen LogP contribution in [-0.4, -0.2) is 0 Å². The van der Waals surface area contributed by atoms with E-state index in [0.717, 1.165) is 23.7 Å². The molecule has 0 saturated heterocycles. The molecule has 0 aliphatic heterocycles. The van der Waals surface area contributed by atoms with Gasteiger partial charge in [-0.05, 0) is 51.3 Å². The van der Waals surface area contributed by atoms with E-state index >= 15 is 0 Å². The summed E-state index contributed by atoms with van der Waals surface area (Å²) in [4.78, 5) is 1.27. The van der Waals surface area contributed by atoms with Gasteiger partial charge in [0.2, 0.25) is 0 Å². The Balaban J connectivity index is 2.04. The number of rotatable bonds is 2. The first-order valence-electron chi connectivity index (χ1n) is 5.97. The van der Waals surface area contributed by atoms with E-state index in [-0.39, 0.29) is 5.41 Å². The smallest absolute Gasteiger partial charge is 0.0876 e. The summed E-state index contributed by atoms with van der Waals surface area (Å²) in [5.74, 6) is 0. The molecule has 90 valence electrons. The van der Waals surface area contributed by atoms with E-state index in [2.05, 4.69) is 51.6 Å². The van der Waals surface area contributed by atoms with Crippen LogP contribution in [0.15, 0.2) is 40.2 Å². The van der Waals surface area contributed by atoms with Gasteiger partial charge in [0.1, 0.15) is 0 Å². The standard InChI is InChI=1S/C15H12BrNS/c16-13-6-8-18-14(13)9-15(10-17)7-5-11-3-1-2-4-12(11)15/h1-4,6,8H,5,7,9H2. The van der Waals surface area contributed by atoms with Gasteiger partial charge in [-0.3, -0.25) is 0 Å². The average molecular weight is 318 g/mol. The monoisotopic (exact) mass is 317 g/mol. The van der Waals surface area contributed by atoms with Gasteiger partial charge in [-0.1, -0.05) is 24.3 Å². The number of aryl methyl sites for hydroxylation is 1. The first kappa shape index (κ1) is 12.0. The minimum Gasteiger partial charge on any atom is -0.197 e. The van der Waals surface area contributed by atoms with Crippen molar-refractivity contribution in [3.63, 3.8) is 0 Å². The van der Waals surface area contributed by atoms with E-state index in [9.17, 15) is 5.26 Å². The lowest BCUT2D eigenvalue weighted by molar-refractivity contribution is 0.544. The minimum absolute atomic E-state index is 0.329. The van der Waals surface area contributed by atoms with E-state index in [1.54, 1.807) is 11.3 Å². The molecule has 0 spiro atoms. The quantitative estimate of drug-likeness (QED) is 0.802. The third-order valence-electron chi connectivity index (χ3n) is 3.72. The van der Waals surface area contributed by atoms with Gasteiger partial charge in [0.25, 0.3) is 0 Å². The van der Waals surface area contributed by atoms with Crippen LogP contribution in [0.4, 0.5) is 0 Å². The highest BCUT2D eigenvalue weighted by atomic mass is 79.9. The topological polar surface area (TPSA) is 23.8 Å². The Hall–Kier alpha value is -1.11. The van der Waals surface area contributed by atoms with Crippen LogP contribution in [0.2, 0.25) is 0 Å². The summed E-state index contributed by atoms with van der Waals surface area (Å²) >= 11 is 5.29. The van der Waals surface area contributed by atoms with E-state index in [4.69, 9.17) is 0 Å². The van der Waals surface area contributed by atoms with Crippen LogP contribution in [0, 0.1) is 11.3 Å². The van der Waals surface area contributed by atoms with Gasteiger partial charge in [-0.2, -0.15) is 5.26 Å². The molecule has 0 bridgehead atoms. The Morgan fingerprint density at radius 2 is 2.17 bits per heavy atom. The number of benzene rings is 1. The molecule has 1 atom stereocenters. The van der Waals surface area contributed by atoms with Crippen LogP contribution in [0.25, 0.3) is 0 Å². The number of thiophene rings is 1. The molecule has 1 unspecified atom stereocenters. The average Bonchev–Trinajstić information content (AvgIpc) is 2.96. The van der Waals surface area contributed by atoms with Crippen molar-refractivity contribution in [1.82, 2.24) is 0 Å². The zero-order chi connectivity index (χ0) is 12.6. The summed E-state index contributed by atoms with van der Waals surface area (Å²) in [5.41, 5.74) is 2.24. The molecule has 1 aromatic carbocycles. The van der Waals surface area contributed by atoms with Crippen LogP contribution < -0.4 is 0 Å². The first-order chi connectivity index (χ1) is 8.75. The molecule has 1 aliphatic carbocycles. The number of hydrogen-bond acceptors (Lipinski definition) is 2. The molecule has 0 fully saturated rings. The Morgan fingerprint density at radius 3 is 2.89 bits per heavy atom. The predicted octanol–water partition coefficient (Wildman–Crippen LogP) is 4.46. The van der Waals surface area contributed by atoms with Gasteiger partial charge in [0.15, 0.2) is 0 Å². The van der Waals surface area contributed by atoms with Gasteiger partial charge in [-0.25, -0.2) is 0 Å². The van der Waals surface area contributed by atoms with E-state index in [1.165, 1.54) is 16.0 Å². The maximum absolute atomic E-state index is 9.69. The van der Waals surface area contributed by atoms with Crippen molar-refractivity contribution >= 4 is 27.3 Å². The second-order valence-electron chi connectivity index (χ2n) is 4.72. The first-order valence-corrected chi connectivity index (χ1v) is 7.64. The van der Waals surface area contributed by atoms with Crippen LogP contribution in [0.5, 0.6) is 0 Å². The highest BCUT2D eigenvalue weighted by Gasteiger charge is 2.39. The molecule has 2 aromatic rings. The highest BCUT2D eigenvalue weighted by molar-refractivity contribution is 9.10. The summed E-state index contributed by atoms with van der Waals surface area (Å²) in [6.45, 7) is 0.